The molecule has 0 saturated carbocycles. The molecular weight excluding hydrogens is 216 g/mol. The molecule has 4 heteroatoms. The number of nitrogens with one attached hydrogen (secondary N) is 2. The Morgan fingerprint density at radius 3 is 2.59 bits per heavy atom. The van der Waals surface area contributed by atoms with E-state index in [1.54, 1.807) is 12.5 Å². The maximum Gasteiger partial charge on any atom is 0.236 e. The van der Waals surface area contributed by atoms with E-state index in [4.69, 9.17) is 4.42 Å². The van der Waals surface area contributed by atoms with Crippen LogP contribution in [0.5, 0.6) is 0 Å². The Balaban J connectivity index is 2.38. The first-order chi connectivity index (χ1) is 8.00. The van der Waals surface area contributed by atoms with Crippen LogP contribution in [0.3, 0.4) is 0 Å². The lowest BCUT2D eigenvalue weighted by Gasteiger charge is -2.19. The smallest absolute Gasteiger partial charge is 0.236 e. The third-order valence-corrected chi connectivity index (χ3v) is 2.62. The summed E-state index contributed by atoms with van der Waals surface area (Å²) in [5, 5.41) is 6.14. The van der Waals surface area contributed by atoms with E-state index in [1.807, 2.05) is 19.9 Å². The standard InChI is InChI=1S/C13H22N2O2/c1-9(2)7-14-13(16)11(4)15-10(3)12-5-6-17-8-12/h5-6,8-11,15H,7H2,1-4H3,(H,14,16). The summed E-state index contributed by atoms with van der Waals surface area (Å²) >= 11 is 0. The van der Waals surface area contributed by atoms with Crippen molar-refractivity contribution in [3.8, 4) is 0 Å². The number of rotatable bonds is 6. The van der Waals surface area contributed by atoms with Gasteiger partial charge in [0, 0.05) is 18.2 Å². The monoisotopic (exact) mass is 238 g/mol. The molecule has 0 aliphatic carbocycles. The van der Waals surface area contributed by atoms with E-state index in [0.717, 1.165) is 5.56 Å². The average Bonchev–Trinajstić information content (AvgIpc) is 2.78. The van der Waals surface area contributed by atoms with Gasteiger partial charge in [-0.25, -0.2) is 0 Å². The zero-order chi connectivity index (χ0) is 12.8. The molecule has 4 nitrogen and oxygen atoms in total. The number of hydrogen-bond donors (Lipinski definition) is 2. The van der Waals surface area contributed by atoms with Gasteiger partial charge < -0.3 is 9.73 Å². The van der Waals surface area contributed by atoms with Gasteiger partial charge in [-0.05, 0) is 25.8 Å². The van der Waals surface area contributed by atoms with Crippen LogP contribution in [-0.4, -0.2) is 18.5 Å². The number of carbonyl (C=O) groups is 1. The maximum atomic E-state index is 11.8. The maximum absolute atomic E-state index is 11.8. The van der Waals surface area contributed by atoms with Crippen molar-refractivity contribution >= 4 is 5.91 Å². The van der Waals surface area contributed by atoms with Crippen molar-refractivity contribution in [3.05, 3.63) is 24.2 Å². The number of amides is 1. The van der Waals surface area contributed by atoms with Gasteiger partial charge in [0.05, 0.1) is 18.6 Å². The number of carbonyl (C=O) groups excluding carboxylic acids is 1. The van der Waals surface area contributed by atoms with Crippen molar-refractivity contribution in [2.75, 3.05) is 6.54 Å². The predicted octanol–water partition coefficient (Wildman–Crippen LogP) is 2.09. The second-order valence-electron chi connectivity index (χ2n) is 4.81. The summed E-state index contributed by atoms with van der Waals surface area (Å²) in [6.45, 7) is 8.74. The first-order valence-corrected chi connectivity index (χ1v) is 6.06. The largest absolute Gasteiger partial charge is 0.472 e. The molecule has 1 amide bonds. The van der Waals surface area contributed by atoms with Gasteiger partial charge in [0.1, 0.15) is 0 Å². The van der Waals surface area contributed by atoms with Crippen molar-refractivity contribution in [1.82, 2.24) is 10.6 Å². The Bertz CT molecular complexity index is 333. The Morgan fingerprint density at radius 1 is 1.35 bits per heavy atom. The second kappa shape index (κ2) is 6.45. The fraction of sp³-hybridized carbons (Fsp3) is 0.615. The van der Waals surface area contributed by atoms with Gasteiger partial charge in [0.15, 0.2) is 0 Å². The summed E-state index contributed by atoms with van der Waals surface area (Å²) in [5.41, 5.74) is 1.05. The molecule has 1 heterocycles. The third-order valence-electron chi connectivity index (χ3n) is 2.62. The predicted molar refractivity (Wildman–Crippen MR) is 67.6 cm³/mol. The zero-order valence-corrected chi connectivity index (χ0v) is 11.0. The van der Waals surface area contributed by atoms with E-state index >= 15 is 0 Å². The molecule has 0 saturated heterocycles. The highest BCUT2D eigenvalue weighted by Gasteiger charge is 2.16. The molecule has 2 atom stereocenters. The second-order valence-corrected chi connectivity index (χ2v) is 4.81. The molecule has 0 radical (unpaired) electrons. The first kappa shape index (κ1) is 13.8. The summed E-state index contributed by atoms with van der Waals surface area (Å²) in [6.07, 6.45) is 3.33. The lowest BCUT2D eigenvalue weighted by Crippen LogP contribution is -2.44. The Kier molecular flexibility index (Phi) is 5.22. The highest BCUT2D eigenvalue weighted by atomic mass is 16.3. The van der Waals surface area contributed by atoms with Crippen molar-refractivity contribution in [2.45, 2.75) is 39.8 Å². The lowest BCUT2D eigenvalue weighted by molar-refractivity contribution is -0.123. The van der Waals surface area contributed by atoms with Crippen LogP contribution >= 0.6 is 0 Å². The molecule has 17 heavy (non-hydrogen) atoms. The third kappa shape index (κ3) is 4.61. The topological polar surface area (TPSA) is 54.3 Å². The molecular formula is C13H22N2O2. The lowest BCUT2D eigenvalue weighted by atomic mass is 10.1. The highest BCUT2D eigenvalue weighted by Crippen LogP contribution is 2.12. The minimum absolute atomic E-state index is 0.0362. The van der Waals surface area contributed by atoms with Gasteiger partial charge in [-0.15, -0.1) is 0 Å². The van der Waals surface area contributed by atoms with E-state index in [-0.39, 0.29) is 18.0 Å². The van der Waals surface area contributed by atoms with Crippen molar-refractivity contribution in [2.24, 2.45) is 5.92 Å². The zero-order valence-electron chi connectivity index (χ0n) is 11.0. The SMILES string of the molecule is CC(C)CNC(=O)C(C)NC(C)c1ccoc1. The minimum Gasteiger partial charge on any atom is -0.472 e. The fourth-order valence-corrected chi connectivity index (χ4v) is 1.53. The van der Waals surface area contributed by atoms with E-state index in [2.05, 4.69) is 24.5 Å². The van der Waals surface area contributed by atoms with Gasteiger partial charge in [0.2, 0.25) is 5.91 Å². The fourth-order valence-electron chi connectivity index (χ4n) is 1.53. The van der Waals surface area contributed by atoms with Crippen LogP contribution in [0, 0.1) is 5.92 Å². The minimum atomic E-state index is -0.210. The summed E-state index contributed by atoms with van der Waals surface area (Å²) in [7, 11) is 0. The van der Waals surface area contributed by atoms with Gasteiger partial charge in [-0.2, -0.15) is 0 Å². The quantitative estimate of drug-likeness (QED) is 0.798. The molecule has 1 aromatic rings. The molecule has 0 aliphatic heterocycles. The van der Waals surface area contributed by atoms with E-state index in [1.165, 1.54) is 0 Å². The van der Waals surface area contributed by atoms with Crippen LogP contribution in [0.25, 0.3) is 0 Å². The number of furan rings is 1. The van der Waals surface area contributed by atoms with Gasteiger partial charge in [-0.3, -0.25) is 10.1 Å². The Morgan fingerprint density at radius 2 is 2.06 bits per heavy atom. The van der Waals surface area contributed by atoms with Crippen molar-refractivity contribution < 1.29 is 9.21 Å². The van der Waals surface area contributed by atoms with Crippen LogP contribution in [0.4, 0.5) is 0 Å². The molecule has 1 aromatic heterocycles. The molecule has 96 valence electrons. The van der Waals surface area contributed by atoms with Crippen LogP contribution in [0.15, 0.2) is 23.0 Å². The molecule has 0 aromatic carbocycles. The van der Waals surface area contributed by atoms with Gasteiger partial charge in [0.25, 0.3) is 0 Å². The van der Waals surface area contributed by atoms with Crippen LogP contribution in [0.1, 0.15) is 39.3 Å². The van der Waals surface area contributed by atoms with E-state index < -0.39 is 0 Å². The summed E-state index contributed by atoms with van der Waals surface area (Å²) in [4.78, 5) is 11.8. The van der Waals surface area contributed by atoms with Crippen LogP contribution in [0.2, 0.25) is 0 Å². The summed E-state index contributed by atoms with van der Waals surface area (Å²) in [6, 6.07) is 1.79. The molecule has 0 spiro atoms. The summed E-state index contributed by atoms with van der Waals surface area (Å²) in [5.74, 6) is 0.506. The molecule has 0 fully saturated rings. The van der Waals surface area contributed by atoms with Gasteiger partial charge in [-0.1, -0.05) is 13.8 Å². The Labute approximate surface area is 103 Å². The van der Waals surface area contributed by atoms with Crippen molar-refractivity contribution in [1.29, 1.82) is 0 Å². The molecule has 0 aliphatic rings. The molecule has 2 N–H and O–H groups in total. The molecule has 2 unspecified atom stereocenters. The molecule has 1 rings (SSSR count). The highest BCUT2D eigenvalue weighted by molar-refractivity contribution is 5.81. The Hall–Kier alpha value is -1.29. The van der Waals surface area contributed by atoms with Gasteiger partial charge >= 0.3 is 0 Å². The van der Waals surface area contributed by atoms with Crippen molar-refractivity contribution in [3.63, 3.8) is 0 Å². The van der Waals surface area contributed by atoms with E-state index in [0.29, 0.717) is 12.5 Å². The average molecular weight is 238 g/mol. The number of hydrogen-bond acceptors (Lipinski definition) is 3. The normalized spacial score (nSPS) is 14.6. The van der Waals surface area contributed by atoms with Crippen LogP contribution < -0.4 is 10.6 Å². The molecule has 0 bridgehead atoms. The first-order valence-electron chi connectivity index (χ1n) is 6.06. The summed E-state index contributed by atoms with van der Waals surface area (Å²) < 4.78 is 5.02. The van der Waals surface area contributed by atoms with Crippen LogP contribution in [-0.2, 0) is 4.79 Å². The van der Waals surface area contributed by atoms with E-state index in [9.17, 15) is 4.79 Å².